The molecule has 0 aliphatic heterocycles. The highest BCUT2D eigenvalue weighted by Crippen LogP contribution is 2.14. The predicted octanol–water partition coefficient (Wildman–Crippen LogP) is 2.09. The Hall–Kier alpha value is -1.85. The van der Waals surface area contributed by atoms with Gasteiger partial charge in [0, 0.05) is 24.7 Å². The predicted molar refractivity (Wildman–Crippen MR) is 72.4 cm³/mol. The van der Waals surface area contributed by atoms with Crippen LogP contribution >= 0.6 is 0 Å². The number of carbonyl (C=O) groups is 1. The standard InChI is InChI=1S/C13H21N3O3/c1-8(2)19-11-6-10(4)15-13(16-11)14-7-9(3)5-12(17)18/h6,8-9H,5,7H2,1-4H3,(H,17,18)(H,14,15,16). The summed E-state index contributed by atoms with van der Waals surface area (Å²) in [6, 6.07) is 1.77. The van der Waals surface area contributed by atoms with Crippen LogP contribution in [0, 0.1) is 12.8 Å². The van der Waals surface area contributed by atoms with Gasteiger partial charge in [0.1, 0.15) is 0 Å². The summed E-state index contributed by atoms with van der Waals surface area (Å²) in [5.74, 6) is 0.197. The van der Waals surface area contributed by atoms with Crippen molar-refractivity contribution < 1.29 is 14.6 Å². The molecule has 1 rings (SSSR count). The lowest BCUT2D eigenvalue weighted by molar-refractivity contribution is -0.137. The van der Waals surface area contributed by atoms with Gasteiger partial charge in [-0.05, 0) is 26.7 Å². The molecule has 0 spiro atoms. The molecular formula is C13H21N3O3. The van der Waals surface area contributed by atoms with Crippen LogP contribution in [0.4, 0.5) is 5.95 Å². The average Bonchev–Trinajstić information content (AvgIpc) is 2.23. The van der Waals surface area contributed by atoms with E-state index in [1.165, 1.54) is 0 Å². The Labute approximate surface area is 113 Å². The molecule has 0 aliphatic carbocycles. The van der Waals surface area contributed by atoms with Gasteiger partial charge in [0.2, 0.25) is 11.8 Å². The van der Waals surface area contributed by atoms with Gasteiger partial charge in [-0.3, -0.25) is 4.79 Å². The Morgan fingerprint density at radius 1 is 1.42 bits per heavy atom. The van der Waals surface area contributed by atoms with Crippen molar-refractivity contribution in [3.63, 3.8) is 0 Å². The van der Waals surface area contributed by atoms with E-state index in [1.54, 1.807) is 6.07 Å². The number of rotatable bonds is 7. The van der Waals surface area contributed by atoms with Crippen LogP contribution in [0.5, 0.6) is 5.88 Å². The van der Waals surface area contributed by atoms with Gasteiger partial charge < -0.3 is 15.2 Å². The van der Waals surface area contributed by atoms with Crippen molar-refractivity contribution in [2.45, 2.75) is 40.2 Å². The highest BCUT2D eigenvalue weighted by Gasteiger charge is 2.09. The summed E-state index contributed by atoms with van der Waals surface area (Å²) in [6.07, 6.45) is 0.168. The molecule has 2 N–H and O–H groups in total. The second-order valence-electron chi connectivity index (χ2n) is 4.92. The topological polar surface area (TPSA) is 84.3 Å². The number of hydrogen-bond donors (Lipinski definition) is 2. The van der Waals surface area contributed by atoms with E-state index in [2.05, 4.69) is 15.3 Å². The second-order valence-corrected chi connectivity index (χ2v) is 4.92. The number of hydrogen-bond acceptors (Lipinski definition) is 5. The zero-order valence-electron chi connectivity index (χ0n) is 11.8. The van der Waals surface area contributed by atoms with Crippen molar-refractivity contribution in [3.8, 4) is 5.88 Å². The number of aryl methyl sites for hydroxylation is 1. The number of nitrogens with zero attached hydrogens (tertiary/aromatic N) is 2. The molecule has 0 fully saturated rings. The van der Waals surface area contributed by atoms with Crippen molar-refractivity contribution >= 4 is 11.9 Å². The number of nitrogens with one attached hydrogen (secondary N) is 1. The molecule has 0 bridgehead atoms. The summed E-state index contributed by atoms with van der Waals surface area (Å²) in [6.45, 7) is 8.10. The number of aliphatic carboxylic acids is 1. The molecule has 19 heavy (non-hydrogen) atoms. The molecule has 0 aromatic carbocycles. The SMILES string of the molecule is Cc1cc(OC(C)C)nc(NCC(C)CC(=O)O)n1. The first-order chi connectivity index (χ1) is 8.86. The molecule has 0 radical (unpaired) electrons. The van der Waals surface area contributed by atoms with E-state index in [9.17, 15) is 4.79 Å². The number of ether oxygens (including phenoxy) is 1. The van der Waals surface area contributed by atoms with Gasteiger partial charge in [0.05, 0.1) is 6.10 Å². The zero-order chi connectivity index (χ0) is 14.4. The Morgan fingerprint density at radius 2 is 2.11 bits per heavy atom. The fourth-order valence-corrected chi connectivity index (χ4v) is 1.56. The van der Waals surface area contributed by atoms with E-state index in [1.807, 2.05) is 27.7 Å². The van der Waals surface area contributed by atoms with E-state index >= 15 is 0 Å². The van der Waals surface area contributed by atoms with Crippen molar-refractivity contribution in [2.75, 3.05) is 11.9 Å². The fourth-order valence-electron chi connectivity index (χ4n) is 1.56. The molecule has 6 heteroatoms. The van der Waals surface area contributed by atoms with Crippen LogP contribution in [-0.2, 0) is 4.79 Å². The molecular weight excluding hydrogens is 246 g/mol. The first-order valence-electron chi connectivity index (χ1n) is 6.34. The van der Waals surface area contributed by atoms with E-state index in [4.69, 9.17) is 9.84 Å². The highest BCUT2D eigenvalue weighted by molar-refractivity contribution is 5.67. The van der Waals surface area contributed by atoms with Gasteiger partial charge >= 0.3 is 5.97 Å². The summed E-state index contributed by atoms with van der Waals surface area (Å²) in [5.41, 5.74) is 0.805. The van der Waals surface area contributed by atoms with Crippen LogP contribution in [-0.4, -0.2) is 33.7 Å². The van der Waals surface area contributed by atoms with Crippen LogP contribution < -0.4 is 10.1 Å². The van der Waals surface area contributed by atoms with Crippen LogP contribution in [0.1, 0.15) is 32.9 Å². The van der Waals surface area contributed by atoms with E-state index in [0.717, 1.165) is 5.69 Å². The minimum atomic E-state index is -0.803. The van der Waals surface area contributed by atoms with Crippen LogP contribution in [0.25, 0.3) is 0 Å². The molecule has 1 atom stereocenters. The van der Waals surface area contributed by atoms with E-state index < -0.39 is 5.97 Å². The number of anilines is 1. The molecule has 0 amide bonds. The summed E-state index contributed by atoms with van der Waals surface area (Å²) in [4.78, 5) is 19.0. The highest BCUT2D eigenvalue weighted by atomic mass is 16.5. The lowest BCUT2D eigenvalue weighted by Gasteiger charge is -2.13. The molecule has 0 aliphatic rings. The smallest absolute Gasteiger partial charge is 0.303 e. The van der Waals surface area contributed by atoms with Gasteiger partial charge in [-0.15, -0.1) is 0 Å². The number of carboxylic acids is 1. The molecule has 1 aromatic rings. The first kappa shape index (κ1) is 15.2. The first-order valence-corrected chi connectivity index (χ1v) is 6.34. The Kier molecular flexibility index (Phi) is 5.54. The Morgan fingerprint density at radius 3 is 2.68 bits per heavy atom. The quantitative estimate of drug-likeness (QED) is 0.787. The Balaban J connectivity index is 2.62. The molecule has 0 saturated heterocycles. The monoisotopic (exact) mass is 267 g/mol. The maximum absolute atomic E-state index is 10.6. The average molecular weight is 267 g/mol. The minimum Gasteiger partial charge on any atom is -0.481 e. The van der Waals surface area contributed by atoms with Crippen molar-refractivity contribution in [2.24, 2.45) is 5.92 Å². The third kappa shape index (κ3) is 6.03. The molecule has 6 nitrogen and oxygen atoms in total. The summed E-state index contributed by atoms with van der Waals surface area (Å²) >= 11 is 0. The summed E-state index contributed by atoms with van der Waals surface area (Å²) in [7, 11) is 0. The van der Waals surface area contributed by atoms with Crippen molar-refractivity contribution in [1.82, 2.24) is 9.97 Å². The van der Waals surface area contributed by atoms with Gasteiger partial charge in [0.25, 0.3) is 0 Å². The molecule has 1 aromatic heterocycles. The number of aromatic nitrogens is 2. The van der Waals surface area contributed by atoms with Crippen LogP contribution in [0.2, 0.25) is 0 Å². The zero-order valence-corrected chi connectivity index (χ0v) is 11.8. The maximum atomic E-state index is 10.6. The summed E-state index contributed by atoms with van der Waals surface area (Å²) in [5, 5.41) is 11.7. The Bertz CT molecular complexity index is 435. The fraction of sp³-hybridized carbons (Fsp3) is 0.615. The van der Waals surface area contributed by atoms with Crippen LogP contribution in [0.15, 0.2) is 6.07 Å². The molecule has 106 valence electrons. The third-order valence-electron chi connectivity index (χ3n) is 2.32. The summed E-state index contributed by atoms with van der Waals surface area (Å²) < 4.78 is 5.52. The molecule has 0 saturated carbocycles. The number of carboxylic acid groups (broad SMARTS) is 1. The third-order valence-corrected chi connectivity index (χ3v) is 2.32. The van der Waals surface area contributed by atoms with Gasteiger partial charge in [-0.25, -0.2) is 4.98 Å². The van der Waals surface area contributed by atoms with Crippen LogP contribution in [0.3, 0.4) is 0 Å². The van der Waals surface area contributed by atoms with Crippen molar-refractivity contribution in [1.29, 1.82) is 0 Å². The lowest BCUT2D eigenvalue weighted by Crippen LogP contribution is -2.17. The molecule has 1 heterocycles. The minimum absolute atomic E-state index is 0.0103. The van der Waals surface area contributed by atoms with E-state index in [-0.39, 0.29) is 18.4 Å². The van der Waals surface area contributed by atoms with Gasteiger partial charge in [0.15, 0.2) is 0 Å². The van der Waals surface area contributed by atoms with Gasteiger partial charge in [-0.1, -0.05) is 6.92 Å². The van der Waals surface area contributed by atoms with Crippen molar-refractivity contribution in [3.05, 3.63) is 11.8 Å². The lowest BCUT2D eigenvalue weighted by atomic mass is 10.1. The van der Waals surface area contributed by atoms with E-state index in [0.29, 0.717) is 18.4 Å². The normalized spacial score (nSPS) is 12.3. The largest absolute Gasteiger partial charge is 0.481 e. The second kappa shape index (κ2) is 6.92. The molecule has 1 unspecified atom stereocenters. The maximum Gasteiger partial charge on any atom is 0.303 e. The van der Waals surface area contributed by atoms with Gasteiger partial charge in [-0.2, -0.15) is 4.98 Å².